The fourth-order valence-corrected chi connectivity index (χ4v) is 4.39. The van der Waals surface area contributed by atoms with Crippen molar-refractivity contribution in [3.8, 4) is 0 Å². The van der Waals surface area contributed by atoms with Crippen molar-refractivity contribution in [3.05, 3.63) is 83.4 Å². The number of hydrogen-bond acceptors (Lipinski definition) is 3. The van der Waals surface area contributed by atoms with E-state index in [-0.39, 0.29) is 11.9 Å². The molecule has 1 aromatic heterocycles. The molecule has 0 radical (unpaired) electrons. The van der Waals surface area contributed by atoms with Crippen LogP contribution in [0.25, 0.3) is 5.57 Å². The van der Waals surface area contributed by atoms with E-state index in [1.54, 1.807) is 0 Å². The molecule has 1 aliphatic heterocycles. The van der Waals surface area contributed by atoms with Crippen LogP contribution in [0, 0.1) is 11.7 Å². The minimum atomic E-state index is -0.190. The Bertz CT molecular complexity index is 978. The second kappa shape index (κ2) is 9.30. The Morgan fingerprint density at radius 1 is 1.07 bits per heavy atom. The number of aromatic nitrogens is 4. The minimum Gasteiger partial charge on any atom is -0.322 e. The summed E-state index contributed by atoms with van der Waals surface area (Å²) in [5, 5.41) is 12.7. The van der Waals surface area contributed by atoms with Crippen molar-refractivity contribution in [1.29, 1.82) is 0 Å². The monoisotopic (exact) mass is 406 g/mol. The normalized spacial score (nSPS) is 17.7. The molecular weight excluding hydrogens is 377 g/mol. The third-order valence-electron chi connectivity index (χ3n) is 5.94. The maximum Gasteiger partial charge on any atom is 0.209 e. The first kappa shape index (κ1) is 20.4. The predicted octanol–water partition coefficient (Wildman–Crippen LogP) is 3.12. The Kier molecular flexibility index (Phi) is 6.33. The molecule has 0 saturated heterocycles. The maximum atomic E-state index is 13.2. The third-order valence-corrected chi connectivity index (χ3v) is 5.94. The van der Waals surface area contributed by atoms with Crippen LogP contribution in [-0.4, -0.2) is 33.3 Å². The highest BCUT2D eigenvalue weighted by atomic mass is 19.1. The van der Waals surface area contributed by atoms with Crippen LogP contribution in [0.2, 0.25) is 0 Å². The molecule has 30 heavy (non-hydrogen) atoms. The molecule has 1 aliphatic rings. The first-order chi connectivity index (χ1) is 14.6. The summed E-state index contributed by atoms with van der Waals surface area (Å²) in [6.07, 6.45) is 4.17. The van der Waals surface area contributed by atoms with Gasteiger partial charge in [-0.15, -0.1) is 5.10 Å². The van der Waals surface area contributed by atoms with Crippen molar-refractivity contribution in [2.45, 2.75) is 39.3 Å². The van der Waals surface area contributed by atoms with Crippen LogP contribution < -0.4 is 4.90 Å². The molecule has 1 N–H and O–H groups in total. The highest BCUT2D eigenvalue weighted by molar-refractivity contribution is 5.65. The number of rotatable bonds is 7. The van der Waals surface area contributed by atoms with Crippen molar-refractivity contribution >= 4 is 5.57 Å². The zero-order valence-electron chi connectivity index (χ0n) is 17.6. The van der Waals surface area contributed by atoms with Gasteiger partial charge in [-0.25, -0.2) is 9.07 Å². The number of hydrogen-bond donors (Lipinski definition) is 1. The van der Waals surface area contributed by atoms with Gasteiger partial charge in [0, 0.05) is 18.9 Å². The molecule has 2 atom stereocenters. The second-order valence-electron chi connectivity index (χ2n) is 8.32. The van der Waals surface area contributed by atoms with E-state index in [1.165, 1.54) is 28.2 Å². The molecule has 6 heteroatoms. The lowest BCUT2D eigenvalue weighted by molar-refractivity contribution is -0.931. The van der Waals surface area contributed by atoms with Crippen LogP contribution >= 0.6 is 0 Å². The molecule has 156 valence electrons. The quantitative estimate of drug-likeness (QED) is 0.656. The van der Waals surface area contributed by atoms with Gasteiger partial charge in [0.1, 0.15) is 5.82 Å². The Hall–Kier alpha value is -2.86. The summed E-state index contributed by atoms with van der Waals surface area (Å²) in [7, 11) is 0. The van der Waals surface area contributed by atoms with Gasteiger partial charge >= 0.3 is 0 Å². The van der Waals surface area contributed by atoms with Crippen molar-refractivity contribution in [2.75, 3.05) is 13.1 Å². The van der Waals surface area contributed by atoms with Crippen LogP contribution in [0.4, 0.5) is 4.39 Å². The van der Waals surface area contributed by atoms with Crippen LogP contribution in [0.15, 0.2) is 60.7 Å². The lowest BCUT2D eigenvalue weighted by atomic mass is 9.95. The molecule has 2 aromatic carbocycles. The molecule has 4 rings (SSSR count). The molecule has 0 amide bonds. The standard InChI is InChI=1S/C24H28FN5/c1-18(2)23(24-26-27-28-30(24)17-12-19-6-4-3-5-7-19)29-15-13-21(14-16-29)20-8-10-22(25)11-9-20/h3-11,13,18,23H,12,14-17H2,1-2H3/p+1/t23-/m1/s1. The molecular formula is C24H29FN5+. The van der Waals surface area contributed by atoms with Gasteiger partial charge in [-0.3, -0.25) is 0 Å². The summed E-state index contributed by atoms with van der Waals surface area (Å²) in [6.45, 7) is 7.19. The number of aryl methyl sites for hydroxylation is 2. The fourth-order valence-electron chi connectivity index (χ4n) is 4.39. The lowest BCUT2D eigenvalue weighted by Crippen LogP contribution is -3.13. The number of nitrogens with zero attached hydrogens (tertiary/aromatic N) is 4. The van der Waals surface area contributed by atoms with E-state index in [1.807, 2.05) is 22.9 Å². The summed E-state index contributed by atoms with van der Waals surface area (Å²) in [5.74, 6) is 1.20. The predicted molar refractivity (Wildman–Crippen MR) is 115 cm³/mol. The number of halogens is 1. The highest BCUT2D eigenvalue weighted by Crippen LogP contribution is 2.22. The number of tetrazole rings is 1. The highest BCUT2D eigenvalue weighted by Gasteiger charge is 2.33. The van der Waals surface area contributed by atoms with Gasteiger partial charge in [-0.05, 0) is 51.8 Å². The van der Waals surface area contributed by atoms with Crippen molar-refractivity contribution in [3.63, 3.8) is 0 Å². The molecule has 0 bridgehead atoms. The maximum absolute atomic E-state index is 13.2. The lowest BCUT2D eigenvalue weighted by Gasteiger charge is -2.32. The molecule has 5 nitrogen and oxygen atoms in total. The first-order valence-electron chi connectivity index (χ1n) is 10.7. The minimum absolute atomic E-state index is 0.190. The van der Waals surface area contributed by atoms with Gasteiger partial charge in [-0.2, -0.15) is 0 Å². The molecule has 0 aliphatic carbocycles. The average molecular weight is 407 g/mol. The van der Waals surface area contributed by atoms with Crippen LogP contribution in [0.3, 0.4) is 0 Å². The Labute approximate surface area is 177 Å². The van der Waals surface area contributed by atoms with Crippen LogP contribution in [-0.2, 0) is 13.0 Å². The fraction of sp³-hybridized carbons (Fsp3) is 0.375. The zero-order valence-corrected chi connectivity index (χ0v) is 17.6. The summed E-state index contributed by atoms with van der Waals surface area (Å²) in [5.41, 5.74) is 3.70. The zero-order chi connectivity index (χ0) is 20.9. The van der Waals surface area contributed by atoms with E-state index in [2.05, 4.69) is 59.7 Å². The third kappa shape index (κ3) is 4.65. The first-order valence-corrected chi connectivity index (χ1v) is 10.7. The van der Waals surface area contributed by atoms with Crippen molar-refractivity contribution in [2.24, 2.45) is 5.92 Å². The van der Waals surface area contributed by atoms with Crippen molar-refractivity contribution in [1.82, 2.24) is 20.2 Å². The summed E-state index contributed by atoms with van der Waals surface area (Å²) >= 11 is 0. The van der Waals surface area contributed by atoms with E-state index in [0.717, 1.165) is 43.9 Å². The van der Waals surface area contributed by atoms with E-state index < -0.39 is 0 Å². The SMILES string of the molecule is CC(C)[C@H](c1nnnn1CCc1ccccc1)[NH+]1CC=C(c2ccc(F)cc2)CC1. The van der Waals surface area contributed by atoms with E-state index in [4.69, 9.17) is 0 Å². The van der Waals surface area contributed by atoms with Gasteiger partial charge < -0.3 is 4.90 Å². The number of nitrogens with one attached hydrogen (secondary N) is 1. The Balaban J connectivity index is 1.49. The summed E-state index contributed by atoms with van der Waals surface area (Å²) in [4.78, 5) is 1.48. The molecule has 3 aromatic rings. The molecule has 2 heterocycles. The number of benzene rings is 2. The molecule has 0 fully saturated rings. The largest absolute Gasteiger partial charge is 0.322 e. The van der Waals surface area contributed by atoms with Gasteiger partial charge in [-0.1, -0.05) is 56.3 Å². The summed E-state index contributed by atoms with van der Waals surface area (Å²) < 4.78 is 15.2. The van der Waals surface area contributed by atoms with Crippen LogP contribution in [0.5, 0.6) is 0 Å². The van der Waals surface area contributed by atoms with Gasteiger partial charge in [0.25, 0.3) is 0 Å². The average Bonchev–Trinajstić information content (AvgIpc) is 3.22. The van der Waals surface area contributed by atoms with Gasteiger partial charge in [0.15, 0.2) is 6.04 Å². The van der Waals surface area contributed by atoms with Gasteiger partial charge in [0.05, 0.1) is 13.1 Å². The molecule has 1 unspecified atom stereocenters. The second-order valence-corrected chi connectivity index (χ2v) is 8.32. The van der Waals surface area contributed by atoms with Gasteiger partial charge in [0.2, 0.25) is 5.82 Å². The molecule has 0 spiro atoms. The van der Waals surface area contributed by atoms with Crippen LogP contribution in [0.1, 0.15) is 43.3 Å². The van der Waals surface area contributed by atoms with E-state index in [9.17, 15) is 4.39 Å². The Morgan fingerprint density at radius 3 is 2.50 bits per heavy atom. The van der Waals surface area contributed by atoms with E-state index in [0.29, 0.717) is 5.92 Å². The van der Waals surface area contributed by atoms with Crippen molar-refractivity contribution < 1.29 is 9.29 Å². The smallest absolute Gasteiger partial charge is 0.209 e. The number of quaternary nitrogens is 1. The Morgan fingerprint density at radius 2 is 1.83 bits per heavy atom. The van der Waals surface area contributed by atoms with E-state index >= 15 is 0 Å². The topological polar surface area (TPSA) is 48.0 Å². The molecule has 0 saturated carbocycles. The summed E-state index contributed by atoms with van der Waals surface area (Å²) in [6, 6.07) is 17.5.